The Labute approximate surface area is 150 Å². The number of aryl methyl sites for hydroxylation is 1. The van der Waals surface area contributed by atoms with Crippen molar-refractivity contribution in [2.45, 2.75) is 6.92 Å². The number of nitrogens with one attached hydrogen (secondary N) is 1. The number of rotatable bonds is 6. The van der Waals surface area contributed by atoms with Gasteiger partial charge in [-0.15, -0.1) is 11.3 Å². The van der Waals surface area contributed by atoms with Crippen LogP contribution in [0.25, 0.3) is 11.3 Å². The molecule has 0 unspecified atom stereocenters. The van der Waals surface area contributed by atoms with Crippen LogP contribution in [0.5, 0.6) is 11.5 Å². The highest BCUT2D eigenvalue weighted by Crippen LogP contribution is 2.23. The van der Waals surface area contributed by atoms with Crippen LogP contribution in [0.15, 0.2) is 53.9 Å². The van der Waals surface area contributed by atoms with Crippen molar-refractivity contribution >= 4 is 22.9 Å². The molecule has 0 aliphatic heterocycles. The Balaban J connectivity index is 1.53. The van der Waals surface area contributed by atoms with E-state index in [1.807, 2.05) is 36.6 Å². The second-order valence-electron chi connectivity index (χ2n) is 5.34. The molecule has 0 radical (unpaired) electrons. The van der Waals surface area contributed by atoms with Gasteiger partial charge in [0.2, 0.25) is 0 Å². The maximum Gasteiger partial charge on any atom is 0.262 e. The summed E-state index contributed by atoms with van der Waals surface area (Å²) >= 11 is 1.62. The van der Waals surface area contributed by atoms with Gasteiger partial charge in [-0.05, 0) is 43.3 Å². The molecular formula is C19H18N2O3S. The lowest BCUT2D eigenvalue weighted by Crippen LogP contribution is -2.20. The first-order valence-corrected chi connectivity index (χ1v) is 8.61. The van der Waals surface area contributed by atoms with Crippen molar-refractivity contribution in [2.24, 2.45) is 0 Å². The van der Waals surface area contributed by atoms with Crippen LogP contribution < -0.4 is 14.8 Å². The predicted octanol–water partition coefficient (Wildman–Crippen LogP) is 4.14. The number of carbonyl (C=O) groups is 1. The molecular weight excluding hydrogens is 336 g/mol. The summed E-state index contributed by atoms with van der Waals surface area (Å²) in [6, 6.07) is 14.7. The molecule has 0 saturated carbocycles. The predicted molar refractivity (Wildman–Crippen MR) is 99.4 cm³/mol. The van der Waals surface area contributed by atoms with Crippen molar-refractivity contribution in [1.29, 1.82) is 0 Å². The first-order valence-electron chi connectivity index (χ1n) is 7.73. The number of ether oxygens (including phenoxy) is 2. The molecule has 0 aliphatic carbocycles. The second kappa shape index (κ2) is 7.81. The Hall–Kier alpha value is -2.86. The van der Waals surface area contributed by atoms with Crippen molar-refractivity contribution in [3.8, 4) is 22.8 Å². The summed E-state index contributed by atoms with van der Waals surface area (Å²) in [5.41, 5.74) is 2.69. The van der Waals surface area contributed by atoms with Crippen LogP contribution in [-0.4, -0.2) is 24.6 Å². The van der Waals surface area contributed by atoms with Crippen LogP contribution in [0.1, 0.15) is 5.01 Å². The number of benzene rings is 2. The number of hydrogen-bond acceptors (Lipinski definition) is 5. The van der Waals surface area contributed by atoms with Gasteiger partial charge in [0, 0.05) is 16.6 Å². The third-order valence-electron chi connectivity index (χ3n) is 3.51. The number of anilines is 1. The van der Waals surface area contributed by atoms with Crippen LogP contribution >= 0.6 is 11.3 Å². The van der Waals surface area contributed by atoms with E-state index in [1.54, 1.807) is 42.7 Å². The highest BCUT2D eigenvalue weighted by Gasteiger charge is 2.06. The van der Waals surface area contributed by atoms with Crippen LogP contribution in [0.4, 0.5) is 5.69 Å². The largest absolute Gasteiger partial charge is 0.497 e. The normalized spacial score (nSPS) is 10.3. The average molecular weight is 354 g/mol. The lowest BCUT2D eigenvalue weighted by molar-refractivity contribution is -0.118. The lowest BCUT2D eigenvalue weighted by Gasteiger charge is -2.08. The Bertz CT molecular complexity index is 842. The van der Waals surface area contributed by atoms with E-state index in [1.165, 1.54) is 0 Å². The molecule has 0 bridgehead atoms. The quantitative estimate of drug-likeness (QED) is 0.722. The minimum Gasteiger partial charge on any atom is -0.497 e. The molecule has 0 spiro atoms. The Morgan fingerprint density at radius 1 is 1.08 bits per heavy atom. The first kappa shape index (κ1) is 17.0. The van der Waals surface area contributed by atoms with Crippen molar-refractivity contribution in [2.75, 3.05) is 19.0 Å². The van der Waals surface area contributed by atoms with E-state index in [2.05, 4.69) is 10.3 Å². The van der Waals surface area contributed by atoms with Gasteiger partial charge in [-0.25, -0.2) is 4.98 Å². The molecule has 0 fully saturated rings. The van der Waals surface area contributed by atoms with Gasteiger partial charge < -0.3 is 14.8 Å². The van der Waals surface area contributed by atoms with E-state index in [0.717, 1.165) is 27.7 Å². The molecule has 2 aromatic carbocycles. The van der Waals surface area contributed by atoms with Crippen LogP contribution in [-0.2, 0) is 4.79 Å². The minimum atomic E-state index is -0.215. The van der Waals surface area contributed by atoms with Gasteiger partial charge in [0.05, 0.1) is 17.8 Å². The summed E-state index contributed by atoms with van der Waals surface area (Å²) in [6.07, 6.45) is 0. The van der Waals surface area contributed by atoms with Gasteiger partial charge in [-0.3, -0.25) is 4.79 Å². The third kappa shape index (κ3) is 4.58. The lowest BCUT2D eigenvalue weighted by atomic mass is 10.1. The van der Waals surface area contributed by atoms with Gasteiger partial charge >= 0.3 is 0 Å². The Kier molecular flexibility index (Phi) is 5.30. The van der Waals surface area contributed by atoms with Crippen molar-refractivity contribution < 1.29 is 14.3 Å². The van der Waals surface area contributed by atoms with Gasteiger partial charge in [-0.2, -0.15) is 0 Å². The fourth-order valence-corrected chi connectivity index (χ4v) is 2.86. The zero-order valence-corrected chi connectivity index (χ0v) is 14.8. The zero-order chi connectivity index (χ0) is 17.6. The van der Waals surface area contributed by atoms with Gasteiger partial charge in [0.1, 0.15) is 11.5 Å². The molecule has 0 aliphatic rings. The van der Waals surface area contributed by atoms with Crippen LogP contribution in [0.2, 0.25) is 0 Å². The molecule has 3 aromatic rings. The van der Waals surface area contributed by atoms with E-state index < -0.39 is 0 Å². The average Bonchev–Trinajstić information content (AvgIpc) is 3.07. The topological polar surface area (TPSA) is 60.5 Å². The number of thiazole rings is 1. The standard InChI is InChI=1S/C19H18N2O3S/c1-13-20-18(12-25-13)14-3-5-15(6-4-14)21-19(22)11-24-17-9-7-16(23-2)8-10-17/h3-10,12H,11H2,1-2H3,(H,21,22). The van der Waals surface area contributed by atoms with Gasteiger partial charge in [0.15, 0.2) is 6.61 Å². The summed E-state index contributed by atoms with van der Waals surface area (Å²) in [7, 11) is 1.60. The first-order chi connectivity index (χ1) is 12.1. The fourth-order valence-electron chi connectivity index (χ4n) is 2.24. The van der Waals surface area contributed by atoms with Gasteiger partial charge in [-0.1, -0.05) is 12.1 Å². The van der Waals surface area contributed by atoms with E-state index in [9.17, 15) is 4.79 Å². The minimum absolute atomic E-state index is 0.0562. The summed E-state index contributed by atoms with van der Waals surface area (Å²) in [4.78, 5) is 16.4. The molecule has 0 atom stereocenters. The maximum absolute atomic E-state index is 12.0. The molecule has 1 amide bonds. The van der Waals surface area contributed by atoms with E-state index in [0.29, 0.717) is 5.75 Å². The number of amides is 1. The Morgan fingerprint density at radius 3 is 2.36 bits per heavy atom. The molecule has 25 heavy (non-hydrogen) atoms. The molecule has 1 N–H and O–H groups in total. The van der Waals surface area contributed by atoms with Crippen molar-refractivity contribution in [3.63, 3.8) is 0 Å². The Morgan fingerprint density at radius 2 is 1.76 bits per heavy atom. The molecule has 1 heterocycles. The fraction of sp³-hybridized carbons (Fsp3) is 0.158. The summed E-state index contributed by atoms with van der Waals surface area (Å²) in [6.45, 7) is 1.92. The monoisotopic (exact) mass is 354 g/mol. The maximum atomic E-state index is 12.0. The summed E-state index contributed by atoms with van der Waals surface area (Å²) in [5.74, 6) is 1.14. The van der Waals surface area contributed by atoms with E-state index in [4.69, 9.17) is 9.47 Å². The number of carbonyl (C=O) groups excluding carboxylic acids is 1. The third-order valence-corrected chi connectivity index (χ3v) is 4.29. The summed E-state index contributed by atoms with van der Waals surface area (Å²) < 4.78 is 10.5. The van der Waals surface area contributed by atoms with Crippen molar-refractivity contribution in [3.05, 3.63) is 58.9 Å². The van der Waals surface area contributed by atoms with Gasteiger partial charge in [0.25, 0.3) is 5.91 Å². The number of nitrogens with zero attached hydrogens (tertiary/aromatic N) is 1. The number of methoxy groups -OCH3 is 1. The smallest absolute Gasteiger partial charge is 0.262 e. The molecule has 0 saturated heterocycles. The van der Waals surface area contributed by atoms with Crippen LogP contribution in [0, 0.1) is 6.92 Å². The molecule has 1 aromatic heterocycles. The second-order valence-corrected chi connectivity index (χ2v) is 6.40. The van der Waals surface area contributed by atoms with E-state index in [-0.39, 0.29) is 12.5 Å². The number of hydrogen-bond donors (Lipinski definition) is 1. The van der Waals surface area contributed by atoms with Crippen molar-refractivity contribution in [1.82, 2.24) is 4.98 Å². The highest BCUT2D eigenvalue weighted by molar-refractivity contribution is 7.09. The van der Waals surface area contributed by atoms with E-state index >= 15 is 0 Å². The highest BCUT2D eigenvalue weighted by atomic mass is 32.1. The molecule has 5 nitrogen and oxygen atoms in total. The number of aromatic nitrogens is 1. The summed E-state index contributed by atoms with van der Waals surface area (Å²) in [5, 5.41) is 5.86. The van der Waals surface area contributed by atoms with Crippen LogP contribution in [0.3, 0.4) is 0 Å². The molecule has 6 heteroatoms. The molecule has 128 valence electrons. The molecule has 3 rings (SSSR count). The SMILES string of the molecule is COc1ccc(OCC(=O)Nc2ccc(-c3csc(C)n3)cc2)cc1. The zero-order valence-electron chi connectivity index (χ0n) is 14.0.